The Morgan fingerprint density at radius 1 is 0.971 bits per heavy atom. The second kappa shape index (κ2) is 10.3. The lowest BCUT2D eigenvalue weighted by Crippen LogP contribution is -2.43. The highest BCUT2D eigenvalue weighted by atomic mass is 16.2. The molecule has 35 heavy (non-hydrogen) atoms. The third-order valence-electron chi connectivity index (χ3n) is 7.42. The molecular weight excluding hydrogens is 440 g/mol. The molecular formula is C28H38N4O3. The lowest BCUT2D eigenvalue weighted by atomic mass is 9.94. The number of amides is 2. The zero-order valence-corrected chi connectivity index (χ0v) is 21.7. The van der Waals surface area contributed by atoms with Crippen molar-refractivity contribution in [1.29, 1.82) is 0 Å². The van der Waals surface area contributed by atoms with Crippen molar-refractivity contribution in [2.75, 3.05) is 13.1 Å². The van der Waals surface area contributed by atoms with Crippen molar-refractivity contribution in [1.82, 2.24) is 19.6 Å². The Bertz CT molecular complexity index is 1210. The Kier molecular flexibility index (Phi) is 7.33. The number of aromatic nitrogens is 2. The molecule has 1 aromatic heterocycles. The number of carbonyl (C=O) groups excluding carboxylic acids is 2. The predicted octanol–water partition coefficient (Wildman–Crippen LogP) is 4.49. The summed E-state index contributed by atoms with van der Waals surface area (Å²) in [5, 5.41) is 3.30. The second-order valence-electron chi connectivity index (χ2n) is 9.81. The zero-order valence-electron chi connectivity index (χ0n) is 21.7. The van der Waals surface area contributed by atoms with Crippen LogP contribution in [0.3, 0.4) is 0 Å². The quantitative estimate of drug-likeness (QED) is 0.567. The molecule has 1 aliphatic carbocycles. The number of nitrogens with zero attached hydrogens (tertiary/aromatic N) is 3. The largest absolute Gasteiger partial charge is 0.367 e. The number of likely N-dealkylation sites (N-methyl/N-ethyl adjacent to an activating group) is 1. The third-order valence-corrected chi connectivity index (χ3v) is 7.42. The monoisotopic (exact) mass is 478 g/mol. The summed E-state index contributed by atoms with van der Waals surface area (Å²) in [6, 6.07) is 5.85. The van der Waals surface area contributed by atoms with Crippen LogP contribution in [0.1, 0.15) is 81.7 Å². The SMILES string of the molecule is CCCc1[nH]n(-c2ccc(C)cc2C)c(=O)c1C1=C(N(CC)CC)C(=O)N(C2CCCCC2)C1=O. The molecule has 1 aliphatic heterocycles. The summed E-state index contributed by atoms with van der Waals surface area (Å²) in [6.45, 7) is 11.2. The van der Waals surface area contributed by atoms with Gasteiger partial charge in [-0.25, -0.2) is 4.68 Å². The number of imide groups is 1. The van der Waals surface area contributed by atoms with E-state index in [4.69, 9.17) is 0 Å². The molecule has 2 aromatic rings. The van der Waals surface area contributed by atoms with Gasteiger partial charge in [0.2, 0.25) is 0 Å². The van der Waals surface area contributed by atoms with Crippen LogP contribution in [0.2, 0.25) is 0 Å². The maximum absolute atomic E-state index is 14.0. The minimum atomic E-state index is -0.315. The number of aromatic amines is 1. The van der Waals surface area contributed by atoms with Crippen LogP contribution in [0, 0.1) is 13.8 Å². The maximum atomic E-state index is 14.0. The molecule has 1 fully saturated rings. The zero-order chi connectivity index (χ0) is 25.3. The van der Waals surface area contributed by atoms with Crippen molar-refractivity contribution in [3.63, 3.8) is 0 Å². The topological polar surface area (TPSA) is 78.4 Å². The molecule has 1 aromatic carbocycles. The summed E-state index contributed by atoms with van der Waals surface area (Å²) in [6.07, 6.45) is 6.25. The van der Waals surface area contributed by atoms with Gasteiger partial charge in [-0.1, -0.05) is 50.3 Å². The third kappa shape index (κ3) is 4.37. The number of aryl methyl sites for hydroxylation is 3. The average Bonchev–Trinajstić information content (AvgIpc) is 3.28. The fraction of sp³-hybridized carbons (Fsp3) is 0.536. The first-order valence-electron chi connectivity index (χ1n) is 13.1. The summed E-state index contributed by atoms with van der Waals surface area (Å²) in [5.41, 5.74) is 4.30. The number of nitrogens with one attached hydrogen (secondary N) is 1. The Morgan fingerprint density at radius 2 is 1.66 bits per heavy atom. The predicted molar refractivity (Wildman–Crippen MR) is 138 cm³/mol. The van der Waals surface area contributed by atoms with E-state index in [2.05, 4.69) is 5.10 Å². The van der Waals surface area contributed by atoms with Gasteiger partial charge in [0.15, 0.2) is 0 Å². The smallest absolute Gasteiger partial charge is 0.279 e. The van der Waals surface area contributed by atoms with Gasteiger partial charge in [0.05, 0.1) is 16.8 Å². The van der Waals surface area contributed by atoms with Crippen molar-refractivity contribution in [3.8, 4) is 5.69 Å². The van der Waals surface area contributed by atoms with E-state index in [-0.39, 0.29) is 29.0 Å². The van der Waals surface area contributed by atoms with Crippen LogP contribution in [-0.2, 0) is 16.0 Å². The molecule has 0 unspecified atom stereocenters. The molecule has 0 radical (unpaired) electrons. The lowest BCUT2D eigenvalue weighted by Gasteiger charge is -2.30. The molecule has 2 amide bonds. The number of hydrogen-bond acceptors (Lipinski definition) is 4. The van der Waals surface area contributed by atoms with Crippen LogP contribution in [0.5, 0.6) is 0 Å². The van der Waals surface area contributed by atoms with Gasteiger partial charge < -0.3 is 4.90 Å². The minimum Gasteiger partial charge on any atom is -0.367 e. The number of hydrogen-bond donors (Lipinski definition) is 1. The van der Waals surface area contributed by atoms with Crippen LogP contribution in [-0.4, -0.2) is 50.5 Å². The standard InChI is InChI=1S/C28H38N4O3/c1-6-12-21-23(27(34)32(29-21)22-16-15-18(4)17-19(22)5)24-25(30(7-2)8-3)28(35)31(26(24)33)20-13-10-9-11-14-20/h15-17,20,29H,6-14H2,1-5H3. The normalized spacial score (nSPS) is 17.1. The molecule has 2 aliphatic rings. The molecule has 1 N–H and O–H groups in total. The van der Waals surface area contributed by atoms with Crippen molar-refractivity contribution >= 4 is 17.4 Å². The molecule has 0 saturated heterocycles. The summed E-state index contributed by atoms with van der Waals surface area (Å²) in [4.78, 5) is 45.1. The molecule has 0 atom stereocenters. The molecule has 2 heterocycles. The summed E-state index contributed by atoms with van der Waals surface area (Å²) in [7, 11) is 0. The van der Waals surface area contributed by atoms with Crippen molar-refractivity contribution in [2.45, 2.75) is 85.6 Å². The van der Waals surface area contributed by atoms with E-state index in [9.17, 15) is 14.4 Å². The molecule has 0 bridgehead atoms. The van der Waals surface area contributed by atoms with Crippen LogP contribution in [0.15, 0.2) is 28.7 Å². The fourth-order valence-electron chi connectivity index (χ4n) is 5.66. The van der Waals surface area contributed by atoms with Gasteiger partial charge >= 0.3 is 0 Å². The van der Waals surface area contributed by atoms with Gasteiger partial charge in [0, 0.05) is 24.8 Å². The van der Waals surface area contributed by atoms with Crippen LogP contribution in [0.4, 0.5) is 0 Å². The van der Waals surface area contributed by atoms with E-state index in [1.165, 1.54) is 4.90 Å². The minimum absolute atomic E-state index is 0.0954. The van der Waals surface area contributed by atoms with E-state index < -0.39 is 0 Å². The van der Waals surface area contributed by atoms with Gasteiger partial charge in [0.1, 0.15) is 5.70 Å². The Balaban J connectivity index is 1.93. The highest BCUT2D eigenvalue weighted by Crippen LogP contribution is 2.36. The van der Waals surface area contributed by atoms with E-state index in [1.54, 1.807) is 4.68 Å². The van der Waals surface area contributed by atoms with E-state index in [0.29, 0.717) is 36.5 Å². The van der Waals surface area contributed by atoms with Crippen LogP contribution in [0.25, 0.3) is 11.3 Å². The van der Waals surface area contributed by atoms with Gasteiger partial charge in [-0.3, -0.25) is 24.4 Å². The first-order valence-corrected chi connectivity index (χ1v) is 13.1. The molecule has 1 saturated carbocycles. The summed E-state index contributed by atoms with van der Waals surface area (Å²) in [5.74, 6) is -0.563. The van der Waals surface area contributed by atoms with Gasteiger partial charge in [-0.2, -0.15) is 0 Å². The fourth-order valence-corrected chi connectivity index (χ4v) is 5.66. The highest BCUT2D eigenvalue weighted by Gasteiger charge is 2.46. The van der Waals surface area contributed by atoms with E-state index in [1.807, 2.05) is 57.7 Å². The molecule has 0 spiro atoms. The second-order valence-corrected chi connectivity index (χ2v) is 9.81. The first kappa shape index (κ1) is 25.0. The molecule has 4 rings (SSSR count). The van der Waals surface area contributed by atoms with Crippen LogP contribution < -0.4 is 5.56 Å². The van der Waals surface area contributed by atoms with Gasteiger partial charge in [0.25, 0.3) is 17.4 Å². The lowest BCUT2D eigenvalue weighted by molar-refractivity contribution is -0.141. The van der Waals surface area contributed by atoms with E-state index >= 15 is 0 Å². The van der Waals surface area contributed by atoms with Crippen LogP contribution >= 0.6 is 0 Å². The number of H-pyrrole nitrogens is 1. The first-order chi connectivity index (χ1) is 16.8. The average molecular weight is 479 g/mol. The summed E-state index contributed by atoms with van der Waals surface area (Å²) >= 11 is 0. The molecule has 7 nitrogen and oxygen atoms in total. The maximum Gasteiger partial charge on any atom is 0.279 e. The number of benzene rings is 1. The Morgan fingerprint density at radius 3 is 2.26 bits per heavy atom. The number of rotatable bonds is 8. The Labute approximate surface area is 207 Å². The van der Waals surface area contributed by atoms with E-state index in [0.717, 1.165) is 55.3 Å². The highest BCUT2D eigenvalue weighted by molar-refractivity contribution is 6.35. The van der Waals surface area contributed by atoms with Gasteiger partial charge in [-0.15, -0.1) is 0 Å². The van der Waals surface area contributed by atoms with Crippen molar-refractivity contribution in [2.24, 2.45) is 0 Å². The van der Waals surface area contributed by atoms with Crippen molar-refractivity contribution in [3.05, 3.63) is 56.6 Å². The summed E-state index contributed by atoms with van der Waals surface area (Å²) < 4.78 is 1.54. The molecule has 7 heteroatoms. The number of carbonyl (C=O) groups is 2. The van der Waals surface area contributed by atoms with Gasteiger partial charge in [-0.05, 0) is 58.6 Å². The molecule has 188 valence electrons. The van der Waals surface area contributed by atoms with Crippen molar-refractivity contribution < 1.29 is 9.59 Å². The Hall–Kier alpha value is -3.09.